The molecule has 7 heteroatoms. The van der Waals surface area contributed by atoms with E-state index in [0.29, 0.717) is 10.9 Å². The summed E-state index contributed by atoms with van der Waals surface area (Å²) in [5, 5.41) is 3.85. The molecule has 70 valence electrons. The first-order chi connectivity index (χ1) is 6.22. The topological polar surface area (TPSA) is 90.2 Å². The van der Waals surface area contributed by atoms with Gasteiger partial charge >= 0.3 is 0 Å². The SMILES string of the molecule is N/N=C(/N)SCc1ccnc(Cl)n1. The fourth-order valence-corrected chi connectivity index (χ4v) is 1.33. The maximum atomic E-state index is 5.58. The summed E-state index contributed by atoms with van der Waals surface area (Å²) in [6, 6.07) is 1.75. The van der Waals surface area contributed by atoms with E-state index >= 15 is 0 Å². The lowest BCUT2D eigenvalue weighted by Crippen LogP contribution is -2.09. The molecule has 0 saturated carbocycles. The third-order valence-corrected chi connectivity index (χ3v) is 2.20. The van der Waals surface area contributed by atoms with E-state index in [1.807, 2.05) is 0 Å². The van der Waals surface area contributed by atoms with Crippen LogP contribution in [0.4, 0.5) is 0 Å². The summed E-state index contributed by atoms with van der Waals surface area (Å²) in [7, 11) is 0. The summed E-state index contributed by atoms with van der Waals surface area (Å²) in [5.41, 5.74) is 6.16. The molecular weight excluding hydrogens is 210 g/mol. The minimum atomic E-state index is 0.223. The number of aromatic nitrogens is 2. The lowest BCUT2D eigenvalue weighted by Gasteiger charge is -1.98. The van der Waals surface area contributed by atoms with Gasteiger partial charge in [0.2, 0.25) is 5.28 Å². The number of hydrazone groups is 1. The summed E-state index contributed by atoms with van der Waals surface area (Å²) in [4.78, 5) is 7.71. The largest absolute Gasteiger partial charge is 0.377 e. The molecule has 0 aliphatic carbocycles. The lowest BCUT2D eigenvalue weighted by molar-refractivity contribution is 1.09. The molecule has 1 heterocycles. The highest BCUT2D eigenvalue weighted by atomic mass is 35.5. The van der Waals surface area contributed by atoms with Gasteiger partial charge in [-0.15, -0.1) is 0 Å². The molecule has 0 aliphatic rings. The van der Waals surface area contributed by atoms with Crippen LogP contribution in [0, 0.1) is 0 Å². The number of amidine groups is 1. The Morgan fingerprint density at radius 1 is 1.69 bits per heavy atom. The Balaban J connectivity index is 2.55. The van der Waals surface area contributed by atoms with Gasteiger partial charge in [-0.05, 0) is 17.7 Å². The maximum Gasteiger partial charge on any atom is 0.222 e. The van der Waals surface area contributed by atoms with E-state index < -0.39 is 0 Å². The molecule has 0 bridgehead atoms. The number of hydrogen-bond acceptors (Lipinski definition) is 5. The third kappa shape index (κ3) is 3.47. The summed E-state index contributed by atoms with van der Waals surface area (Å²) in [6.07, 6.45) is 1.58. The number of halogens is 1. The fourth-order valence-electron chi connectivity index (χ4n) is 0.635. The van der Waals surface area contributed by atoms with E-state index in [9.17, 15) is 0 Å². The smallest absolute Gasteiger partial charge is 0.222 e. The highest BCUT2D eigenvalue weighted by molar-refractivity contribution is 8.13. The van der Waals surface area contributed by atoms with E-state index in [0.717, 1.165) is 5.69 Å². The summed E-state index contributed by atoms with van der Waals surface area (Å²) in [6.45, 7) is 0. The van der Waals surface area contributed by atoms with Crippen molar-refractivity contribution in [3.05, 3.63) is 23.2 Å². The Morgan fingerprint density at radius 3 is 3.08 bits per heavy atom. The van der Waals surface area contributed by atoms with E-state index in [1.165, 1.54) is 11.8 Å². The number of rotatable bonds is 2. The molecule has 13 heavy (non-hydrogen) atoms. The third-order valence-electron chi connectivity index (χ3n) is 1.18. The van der Waals surface area contributed by atoms with Gasteiger partial charge in [-0.2, -0.15) is 5.10 Å². The van der Waals surface area contributed by atoms with Gasteiger partial charge in [0.05, 0.1) is 5.69 Å². The van der Waals surface area contributed by atoms with Crippen LogP contribution in [0.5, 0.6) is 0 Å². The first-order valence-electron chi connectivity index (χ1n) is 3.36. The normalized spacial score (nSPS) is 11.6. The van der Waals surface area contributed by atoms with Crippen molar-refractivity contribution in [1.82, 2.24) is 9.97 Å². The van der Waals surface area contributed by atoms with Gasteiger partial charge in [0, 0.05) is 11.9 Å². The maximum absolute atomic E-state index is 5.58. The zero-order valence-corrected chi connectivity index (χ0v) is 8.22. The number of hydrogen-bond donors (Lipinski definition) is 2. The second-order valence-corrected chi connectivity index (χ2v) is 3.41. The Morgan fingerprint density at radius 2 is 2.46 bits per heavy atom. The molecule has 1 aromatic rings. The molecule has 5 nitrogen and oxygen atoms in total. The van der Waals surface area contributed by atoms with Crippen LogP contribution in [0.1, 0.15) is 5.69 Å². The molecule has 0 amide bonds. The molecule has 0 saturated heterocycles. The van der Waals surface area contributed by atoms with Gasteiger partial charge in [0.15, 0.2) is 5.17 Å². The molecule has 0 spiro atoms. The highest BCUT2D eigenvalue weighted by Gasteiger charge is 1.98. The van der Waals surface area contributed by atoms with Gasteiger partial charge in [-0.1, -0.05) is 11.8 Å². The fraction of sp³-hybridized carbons (Fsp3) is 0.167. The molecular formula is C6H8ClN5S. The zero-order chi connectivity index (χ0) is 9.68. The van der Waals surface area contributed by atoms with Crippen molar-refractivity contribution in [2.45, 2.75) is 5.75 Å². The molecule has 1 rings (SSSR count). The number of nitrogens with two attached hydrogens (primary N) is 2. The first-order valence-corrected chi connectivity index (χ1v) is 4.72. The molecule has 0 atom stereocenters. The van der Waals surface area contributed by atoms with Crippen molar-refractivity contribution in [2.75, 3.05) is 0 Å². The minimum absolute atomic E-state index is 0.223. The summed E-state index contributed by atoms with van der Waals surface area (Å²) < 4.78 is 0. The van der Waals surface area contributed by atoms with Gasteiger partial charge in [-0.3, -0.25) is 0 Å². The highest BCUT2D eigenvalue weighted by Crippen LogP contribution is 2.10. The summed E-state index contributed by atoms with van der Waals surface area (Å²) in [5.74, 6) is 5.53. The molecule has 0 aliphatic heterocycles. The average Bonchev–Trinajstić information content (AvgIpc) is 2.14. The van der Waals surface area contributed by atoms with Gasteiger partial charge in [0.1, 0.15) is 0 Å². The van der Waals surface area contributed by atoms with E-state index in [-0.39, 0.29) is 5.28 Å². The quantitative estimate of drug-likeness (QED) is 0.248. The van der Waals surface area contributed by atoms with Gasteiger partial charge in [-0.25, -0.2) is 9.97 Å². The Hall–Kier alpha value is -1.01. The van der Waals surface area contributed by atoms with Gasteiger partial charge < -0.3 is 11.6 Å². The van der Waals surface area contributed by atoms with Crippen LogP contribution in [0.2, 0.25) is 5.28 Å². The number of nitrogens with zero attached hydrogens (tertiary/aromatic N) is 3. The van der Waals surface area contributed by atoms with Crippen molar-refractivity contribution in [1.29, 1.82) is 0 Å². The van der Waals surface area contributed by atoms with Crippen LogP contribution in [-0.4, -0.2) is 15.1 Å². The Labute approximate surface area is 84.6 Å². The van der Waals surface area contributed by atoms with Crippen LogP contribution in [0.15, 0.2) is 17.4 Å². The lowest BCUT2D eigenvalue weighted by atomic mass is 10.5. The van der Waals surface area contributed by atoms with Crippen molar-refractivity contribution >= 4 is 28.5 Å². The monoisotopic (exact) mass is 217 g/mol. The van der Waals surface area contributed by atoms with E-state index in [2.05, 4.69) is 15.1 Å². The van der Waals surface area contributed by atoms with Gasteiger partial charge in [0.25, 0.3) is 0 Å². The van der Waals surface area contributed by atoms with Crippen molar-refractivity contribution in [3.63, 3.8) is 0 Å². The Bertz CT molecular complexity index is 316. The predicted molar refractivity (Wildman–Crippen MR) is 54.1 cm³/mol. The van der Waals surface area contributed by atoms with E-state index in [4.69, 9.17) is 23.2 Å². The van der Waals surface area contributed by atoms with Crippen molar-refractivity contribution in [2.24, 2.45) is 16.7 Å². The van der Waals surface area contributed by atoms with Crippen LogP contribution < -0.4 is 11.6 Å². The van der Waals surface area contributed by atoms with Crippen LogP contribution >= 0.6 is 23.4 Å². The molecule has 0 unspecified atom stereocenters. The van der Waals surface area contributed by atoms with Crippen LogP contribution in [0.3, 0.4) is 0 Å². The zero-order valence-electron chi connectivity index (χ0n) is 6.64. The Kier molecular flexibility index (Phi) is 3.78. The predicted octanol–water partition coefficient (Wildman–Crippen LogP) is 0.552. The first kappa shape index (κ1) is 10.1. The van der Waals surface area contributed by atoms with Crippen LogP contribution in [0.25, 0.3) is 0 Å². The average molecular weight is 218 g/mol. The molecule has 0 aromatic carbocycles. The van der Waals surface area contributed by atoms with Crippen LogP contribution in [-0.2, 0) is 5.75 Å². The molecule has 1 aromatic heterocycles. The standard InChI is InChI=1S/C6H8ClN5S/c7-5-10-2-1-4(11-5)3-13-6(8)12-9/h1-2H,3,9H2,(H2,8,12). The number of thioether (sulfide) groups is 1. The second kappa shape index (κ2) is 4.88. The van der Waals surface area contributed by atoms with Crippen molar-refractivity contribution in [3.8, 4) is 0 Å². The molecule has 0 fully saturated rings. The minimum Gasteiger partial charge on any atom is -0.377 e. The second-order valence-electron chi connectivity index (χ2n) is 2.07. The van der Waals surface area contributed by atoms with E-state index in [1.54, 1.807) is 12.3 Å². The molecule has 0 radical (unpaired) electrons. The summed E-state index contributed by atoms with van der Waals surface area (Å²) >= 11 is 6.87. The van der Waals surface area contributed by atoms with Crippen molar-refractivity contribution < 1.29 is 0 Å². The molecule has 4 N–H and O–H groups in total.